The van der Waals surface area contributed by atoms with E-state index in [2.05, 4.69) is 13.8 Å². The minimum absolute atomic E-state index is 0.143. The van der Waals surface area contributed by atoms with Gasteiger partial charge in [0, 0.05) is 18.7 Å². The molecule has 0 saturated carbocycles. The summed E-state index contributed by atoms with van der Waals surface area (Å²) in [5, 5.41) is 9.10. The number of anilines is 1. The number of ether oxygens (including phenoxy) is 1. The van der Waals surface area contributed by atoms with E-state index in [1.54, 1.807) is 17.0 Å². The van der Waals surface area contributed by atoms with Crippen molar-refractivity contribution >= 4 is 17.6 Å². The van der Waals surface area contributed by atoms with Gasteiger partial charge in [-0.2, -0.15) is 0 Å². The van der Waals surface area contributed by atoms with E-state index in [-0.39, 0.29) is 11.5 Å². The van der Waals surface area contributed by atoms with Crippen LogP contribution in [0.5, 0.6) is 5.75 Å². The van der Waals surface area contributed by atoms with Gasteiger partial charge in [-0.1, -0.05) is 32.0 Å². The zero-order valence-corrected chi connectivity index (χ0v) is 14.3. The topological polar surface area (TPSA) is 66.8 Å². The predicted octanol–water partition coefficient (Wildman–Crippen LogP) is 3.69. The van der Waals surface area contributed by atoms with Crippen molar-refractivity contribution in [2.45, 2.75) is 32.3 Å². The Hall–Kier alpha value is -2.82. The standard InChI is InChI=1S/C20H21NO4/c1-13(2)14-6-8-17(9-7-14)25-18-10-11-21(19(18)22)16-5-3-4-15(12-16)20(23)24/h3-9,12-13,18H,10-11H2,1-2H3,(H,23,24)/t18-/m1/s1. The number of carbonyl (C=O) groups excluding carboxylic acids is 1. The van der Waals surface area contributed by atoms with Gasteiger partial charge in [0.25, 0.3) is 5.91 Å². The lowest BCUT2D eigenvalue weighted by atomic mass is 10.0. The third-order valence-corrected chi connectivity index (χ3v) is 4.39. The summed E-state index contributed by atoms with van der Waals surface area (Å²) in [5.74, 6) is -0.0370. The fraction of sp³-hybridized carbons (Fsp3) is 0.300. The summed E-state index contributed by atoms with van der Waals surface area (Å²) >= 11 is 0. The summed E-state index contributed by atoms with van der Waals surface area (Å²) in [5.41, 5.74) is 1.97. The zero-order valence-electron chi connectivity index (χ0n) is 14.3. The second kappa shape index (κ2) is 6.97. The van der Waals surface area contributed by atoms with Crippen LogP contribution in [0.4, 0.5) is 5.69 Å². The van der Waals surface area contributed by atoms with Gasteiger partial charge in [-0.25, -0.2) is 4.79 Å². The number of benzene rings is 2. The molecule has 0 radical (unpaired) electrons. The van der Waals surface area contributed by atoms with Crippen molar-refractivity contribution in [1.82, 2.24) is 0 Å². The van der Waals surface area contributed by atoms with Gasteiger partial charge < -0.3 is 14.7 Å². The molecule has 1 N–H and O–H groups in total. The van der Waals surface area contributed by atoms with Gasteiger partial charge >= 0.3 is 5.97 Å². The van der Waals surface area contributed by atoms with E-state index in [1.807, 2.05) is 24.3 Å². The SMILES string of the molecule is CC(C)c1ccc(O[C@@H]2CCN(c3cccc(C(=O)O)c3)C2=O)cc1. The number of nitrogens with zero attached hydrogens (tertiary/aromatic N) is 1. The Morgan fingerprint density at radius 2 is 1.92 bits per heavy atom. The Bertz CT molecular complexity index is 783. The van der Waals surface area contributed by atoms with Crippen LogP contribution in [0.2, 0.25) is 0 Å². The number of carbonyl (C=O) groups is 2. The van der Waals surface area contributed by atoms with Crippen LogP contribution in [-0.2, 0) is 4.79 Å². The Labute approximate surface area is 146 Å². The Morgan fingerprint density at radius 1 is 1.20 bits per heavy atom. The van der Waals surface area contributed by atoms with E-state index in [1.165, 1.54) is 17.7 Å². The molecule has 5 heteroatoms. The second-order valence-electron chi connectivity index (χ2n) is 6.46. The van der Waals surface area contributed by atoms with Crippen LogP contribution in [0, 0.1) is 0 Å². The molecule has 0 bridgehead atoms. The summed E-state index contributed by atoms with van der Waals surface area (Å²) in [7, 11) is 0. The monoisotopic (exact) mass is 339 g/mol. The summed E-state index contributed by atoms with van der Waals surface area (Å²) in [6, 6.07) is 14.2. The van der Waals surface area contributed by atoms with Gasteiger partial charge in [0.05, 0.1) is 5.56 Å². The average Bonchev–Trinajstić information content (AvgIpc) is 2.96. The maximum Gasteiger partial charge on any atom is 0.335 e. The van der Waals surface area contributed by atoms with Crippen LogP contribution < -0.4 is 9.64 Å². The van der Waals surface area contributed by atoms with Gasteiger partial charge in [-0.15, -0.1) is 0 Å². The summed E-state index contributed by atoms with van der Waals surface area (Å²) in [4.78, 5) is 25.3. The van der Waals surface area contributed by atoms with E-state index in [0.717, 1.165) is 0 Å². The minimum atomic E-state index is -1.01. The molecule has 1 amide bonds. The Balaban J connectivity index is 1.71. The van der Waals surface area contributed by atoms with Gasteiger partial charge in [0.2, 0.25) is 0 Å². The largest absolute Gasteiger partial charge is 0.481 e. The third kappa shape index (κ3) is 3.65. The first kappa shape index (κ1) is 17.0. The minimum Gasteiger partial charge on any atom is -0.481 e. The normalized spacial score (nSPS) is 17.2. The first-order valence-corrected chi connectivity index (χ1v) is 8.37. The van der Waals surface area contributed by atoms with Crippen molar-refractivity contribution in [3.05, 3.63) is 59.7 Å². The second-order valence-corrected chi connectivity index (χ2v) is 6.46. The fourth-order valence-corrected chi connectivity index (χ4v) is 2.92. The molecule has 5 nitrogen and oxygen atoms in total. The van der Waals surface area contributed by atoms with E-state index in [9.17, 15) is 9.59 Å². The number of rotatable bonds is 5. The molecular formula is C20H21NO4. The van der Waals surface area contributed by atoms with Crippen LogP contribution in [0.1, 0.15) is 42.1 Å². The molecule has 0 spiro atoms. The molecule has 1 aliphatic rings. The smallest absolute Gasteiger partial charge is 0.335 e. The van der Waals surface area contributed by atoms with Crippen LogP contribution in [0.25, 0.3) is 0 Å². The lowest BCUT2D eigenvalue weighted by Crippen LogP contribution is -2.32. The molecule has 3 rings (SSSR count). The third-order valence-electron chi connectivity index (χ3n) is 4.39. The maximum atomic E-state index is 12.6. The molecule has 1 fully saturated rings. The highest BCUT2D eigenvalue weighted by molar-refractivity contribution is 6.00. The lowest BCUT2D eigenvalue weighted by Gasteiger charge is -2.18. The maximum absolute atomic E-state index is 12.6. The molecule has 130 valence electrons. The molecule has 0 unspecified atom stereocenters. The summed E-state index contributed by atoms with van der Waals surface area (Å²) < 4.78 is 5.84. The number of carboxylic acid groups (broad SMARTS) is 1. The van der Waals surface area contributed by atoms with E-state index < -0.39 is 12.1 Å². The van der Waals surface area contributed by atoms with Crippen molar-refractivity contribution in [2.75, 3.05) is 11.4 Å². The van der Waals surface area contributed by atoms with Crippen molar-refractivity contribution in [2.24, 2.45) is 0 Å². The molecule has 1 heterocycles. The lowest BCUT2D eigenvalue weighted by molar-refractivity contribution is -0.122. The molecule has 25 heavy (non-hydrogen) atoms. The van der Waals surface area contributed by atoms with Crippen molar-refractivity contribution in [3.63, 3.8) is 0 Å². The summed E-state index contributed by atoms with van der Waals surface area (Å²) in [6.07, 6.45) is 0.0283. The number of aromatic carboxylic acids is 1. The van der Waals surface area contributed by atoms with Crippen molar-refractivity contribution < 1.29 is 19.4 Å². The van der Waals surface area contributed by atoms with Crippen LogP contribution >= 0.6 is 0 Å². The quantitative estimate of drug-likeness (QED) is 0.902. The van der Waals surface area contributed by atoms with Crippen molar-refractivity contribution in [3.8, 4) is 5.75 Å². The van der Waals surface area contributed by atoms with Gasteiger partial charge in [-0.05, 0) is 41.8 Å². The number of carboxylic acids is 1. The highest BCUT2D eigenvalue weighted by Crippen LogP contribution is 2.26. The van der Waals surface area contributed by atoms with E-state index in [4.69, 9.17) is 9.84 Å². The number of hydrogen-bond donors (Lipinski definition) is 1. The van der Waals surface area contributed by atoms with Crippen LogP contribution in [-0.4, -0.2) is 29.6 Å². The molecule has 1 saturated heterocycles. The average molecular weight is 339 g/mol. The molecule has 2 aromatic carbocycles. The number of amides is 1. The predicted molar refractivity (Wildman–Crippen MR) is 95.3 cm³/mol. The van der Waals surface area contributed by atoms with E-state index >= 15 is 0 Å². The highest BCUT2D eigenvalue weighted by Gasteiger charge is 2.34. The molecular weight excluding hydrogens is 318 g/mol. The zero-order chi connectivity index (χ0) is 18.0. The van der Waals surface area contributed by atoms with Crippen LogP contribution in [0.15, 0.2) is 48.5 Å². The van der Waals surface area contributed by atoms with Crippen LogP contribution in [0.3, 0.4) is 0 Å². The molecule has 0 aliphatic carbocycles. The van der Waals surface area contributed by atoms with E-state index in [0.29, 0.717) is 30.3 Å². The highest BCUT2D eigenvalue weighted by atomic mass is 16.5. The van der Waals surface area contributed by atoms with Gasteiger partial charge in [-0.3, -0.25) is 4.79 Å². The molecule has 1 aliphatic heterocycles. The molecule has 0 aromatic heterocycles. The summed E-state index contributed by atoms with van der Waals surface area (Å²) in [6.45, 7) is 4.76. The fourth-order valence-electron chi connectivity index (χ4n) is 2.92. The first-order valence-electron chi connectivity index (χ1n) is 8.37. The Kier molecular flexibility index (Phi) is 4.74. The Morgan fingerprint density at radius 3 is 2.56 bits per heavy atom. The first-order chi connectivity index (χ1) is 12.0. The van der Waals surface area contributed by atoms with Crippen molar-refractivity contribution in [1.29, 1.82) is 0 Å². The number of hydrogen-bond acceptors (Lipinski definition) is 3. The molecule has 2 aromatic rings. The van der Waals surface area contributed by atoms with Gasteiger partial charge in [0.1, 0.15) is 5.75 Å². The van der Waals surface area contributed by atoms with Gasteiger partial charge in [0.15, 0.2) is 6.10 Å². The molecule has 1 atom stereocenters.